The molecule has 0 saturated carbocycles. The highest BCUT2D eigenvalue weighted by Crippen LogP contribution is 2.25. The van der Waals surface area contributed by atoms with Crippen LogP contribution in [0.4, 0.5) is 5.69 Å². The monoisotopic (exact) mass is 291 g/mol. The van der Waals surface area contributed by atoms with Gasteiger partial charge in [0.25, 0.3) is 0 Å². The van der Waals surface area contributed by atoms with Crippen molar-refractivity contribution >= 4 is 29.1 Å². The maximum atomic E-state index is 6.16. The van der Waals surface area contributed by atoms with Gasteiger partial charge in [0.15, 0.2) is 0 Å². The van der Waals surface area contributed by atoms with E-state index in [-0.39, 0.29) is 0 Å². The van der Waals surface area contributed by atoms with Gasteiger partial charge in [0, 0.05) is 22.2 Å². The molecule has 3 heteroatoms. The first-order valence-electron chi connectivity index (χ1n) is 6.23. The number of rotatable bonds is 4. The van der Waals surface area contributed by atoms with Crippen molar-refractivity contribution in [2.24, 2.45) is 0 Å². The van der Waals surface area contributed by atoms with Crippen molar-refractivity contribution in [3.8, 4) is 0 Å². The molecule has 0 heterocycles. The topological polar surface area (TPSA) is 26.0 Å². The second-order valence-electron chi connectivity index (χ2n) is 4.84. The Morgan fingerprint density at radius 1 is 1.00 bits per heavy atom. The highest BCUT2D eigenvalue weighted by atomic mass is 35.5. The van der Waals surface area contributed by atoms with Crippen LogP contribution in [0.3, 0.4) is 0 Å². The quantitative estimate of drug-likeness (QED) is 0.805. The lowest BCUT2D eigenvalue weighted by atomic mass is 10.1. The molecule has 2 N–H and O–H groups in total. The average Bonchev–Trinajstić information content (AvgIpc) is 2.32. The Morgan fingerprint density at radius 3 is 2.37 bits per heavy atom. The molecule has 2 aromatic carbocycles. The van der Waals surface area contributed by atoms with Gasteiger partial charge in [0.05, 0.1) is 0 Å². The van der Waals surface area contributed by atoms with Gasteiger partial charge in [-0.15, -0.1) is 0 Å². The minimum Gasteiger partial charge on any atom is -0.399 e. The molecule has 2 rings (SSSR count). The van der Waals surface area contributed by atoms with Crippen LogP contribution in [0, 0.1) is 13.8 Å². The number of halogens is 1. The molecule has 0 aliphatic rings. The number of aryl methyl sites for hydroxylation is 2. The number of hydrogen-bond donors (Lipinski definition) is 1. The average molecular weight is 292 g/mol. The molecule has 0 aliphatic heterocycles. The summed E-state index contributed by atoms with van der Waals surface area (Å²) < 4.78 is 0. The van der Waals surface area contributed by atoms with Gasteiger partial charge >= 0.3 is 0 Å². The maximum Gasteiger partial charge on any atom is 0.0447 e. The summed E-state index contributed by atoms with van der Waals surface area (Å²) in [7, 11) is 0. The van der Waals surface area contributed by atoms with E-state index in [9.17, 15) is 0 Å². The van der Waals surface area contributed by atoms with Crippen LogP contribution in [0.5, 0.6) is 0 Å². The molecule has 19 heavy (non-hydrogen) atoms. The summed E-state index contributed by atoms with van der Waals surface area (Å²) in [6.45, 7) is 4.27. The van der Waals surface area contributed by atoms with E-state index in [4.69, 9.17) is 17.3 Å². The van der Waals surface area contributed by atoms with Crippen LogP contribution in [0.1, 0.15) is 22.3 Å². The normalized spacial score (nSPS) is 10.7. The van der Waals surface area contributed by atoms with Gasteiger partial charge in [-0.3, -0.25) is 0 Å². The summed E-state index contributed by atoms with van der Waals surface area (Å²) >= 11 is 8.02. The predicted octanol–water partition coefficient (Wildman–Crippen LogP) is 4.97. The number of thioether (sulfide) groups is 1. The van der Waals surface area contributed by atoms with Crippen molar-refractivity contribution in [2.45, 2.75) is 25.4 Å². The number of nitrogen functional groups attached to an aromatic ring is 1. The van der Waals surface area contributed by atoms with Gasteiger partial charge in [-0.05, 0) is 43.2 Å². The second kappa shape index (κ2) is 6.36. The molecule has 0 amide bonds. The Labute approximate surface area is 124 Å². The van der Waals surface area contributed by atoms with Gasteiger partial charge < -0.3 is 5.73 Å². The zero-order chi connectivity index (χ0) is 13.8. The van der Waals surface area contributed by atoms with E-state index in [2.05, 4.69) is 32.0 Å². The lowest BCUT2D eigenvalue weighted by molar-refractivity contribution is 1.29. The summed E-state index contributed by atoms with van der Waals surface area (Å²) in [6, 6.07) is 12.3. The van der Waals surface area contributed by atoms with E-state index in [1.807, 2.05) is 30.0 Å². The van der Waals surface area contributed by atoms with E-state index in [0.717, 1.165) is 27.8 Å². The molecular weight excluding hydrogens is 274 g/mol. The Kier molecular flexibility index (Phi) is 4.78. The van der Waals surface area contributed by atoms with Crippen molar-refractivity contribution in [1.82, 2.24) is 0 Å². The van der Waals surface area contributed by atoms with E-state index in [1.165, 1.54) is 16.7 Å². The van der Waals surface area contributed by atoms with Gasteiger partial charge in [-0.2, -0.15) is 11.8 Å². The molecule has 0 spiro atoms. The highest BCUT2D eigenvalue weighted by Gasteiger charge is 2.02. The SMILES string of the molecule is Cc1cc(C)cc(CSCc2cc(N)ccc2Cl)c1. The predicted molar refractivity (Wildman–Crippen MR) is 86.8 cm³/mol. The van der Waals surface area contributed by atoms with Crippen LogP contribution in [0.25, 0.3) is 0 Å². The van der Waals surface area contributed by atoms with E-state index >= 15 is 0 Å². The number of hydrogen-bond acceptors (Lipinski definition) is 2. The van der Waals surface area contributed by atoms with Gasteiger partial charge in [-0.25, -0.2) is 0 Å². The maximum absolute atomic E-state index is 6.16. The fourth-order valence-corrected chi connectivity index (χ4v) is 3.36. The molecule has 2 aromatic rings. The molecule has 0 aromatic heterocycles. The van der Waals surface area contributed by atoms with Gasteiger partial charge in [-0.1, -0.05) is 40.9 Å². The van der Waals surface area contributed by atoms with Gasteiger partial charge in [0.2, 0.25) is 0 Å². The summed E-state index contributed by atoms with van der Waals surface area (Å²) in [4.78, 5) is 0. The zero-order valence-electron chi connectivity index (χ0n) is 11.2. The Bertz CT molecular complexity index is 561. The fraction of sp³-hybridized carbons (Fsp3) is 0.250. The van der Waals surface area contributed by atoms with Crippen LogP contribution in [0.15, 0.2) is 36.4 Å². The third-order valence-corrected chi connectivity index (χ3v) is 4.30. The minimum atomic E-state index is 0.770. The molecule has 0 aliphatic carbocycles. The van der Waals surface area contributed by atoms with E-state index < -0.39 is 0 Å². The van der Waals surface area contributed by atoms with Crippen molar-refractivity contribution < 1.29 is 0 Å². The summed E-state index contributed by atoms with van der Waals surface area (Å²) in [6.07, 6.45) is 0. The number of nitrogens with two attached hydrogens (primary N) is 1. The first-order valence-corrected chi connectivity index (χ1v) is 7.76. The third kappa shape index (κ3) is 4.19. The molecule has 0 atom stereocenters. The molecule has 0 saturated heterocycles. The number of anilines is 1. The Hall–Kier alpha value is -1.12. The van der Waals surface area contributed by atoms with Crippen LogP contribution < -0.4 is 5.73 Å². The highest BCUT2D eigenvalue weighted by molar-refractivity contribution is 7.97. The van der Waals surface area contributed by atoms with Crippen molar-refractivity contribution in [3.05, 3.63) is 63.7 Å². The molecule has 1 nitrogen and oxygen atoms in total. The molecule has 100 valence electrons. The minimum absolute atomic E-state index is 0.770. The fourth-order valence-electron chi connectivity index (χ4n) is 2.14. The molecule has 0 fully saturated rings. The van der Waals surface area contributed by atoms with Crippen molar-refractivity contribution in [1.29, 1.82) is 0 Å². The second-order valence-corrected chi connectivity index (χ2v) is 6.23. The smallest absolute Gasteiger partial charge is 0.0447 e. The molecule has 0 radical (unpaired) electrons. The lowest BCUT2D eigenvalue weighted by Gasteiger charge is -2.07. The molecule has 0 bridgehead atoms. The van der Waals surface area contributed by atoms with Crippen LogP contribution in [-0.4, -0.2) is 0 Å². The Balaban J connectivity index is 1.98. The largest absolute Gasteiger partial charge is 0.399 e. The standard InChI is InChI=1S/C16H18ClNS/c1-11-5-12(2)7-13(6-11)9-19-10-14-8-15(18)3-4-16(14)17/h3-8H,9-10,18H2,1-2H3. The first-order chi connectivity index (χ1) is 9.04. The first kappa shape index (κ1) is 14.3. The van der Waals surface area contributed by atoms with Crippen LogP contribution in [0.2, 0.25) is 5.02 Å². The van der Waals surface area contributed by atoms with Crippen LogP contribution in [-0.2, 0) is 11.5 Å². The molecular formula is C16H18ClNS. The number of benzene rings is 2. The third-order valence-electron chi connectivity index (χ3n) is 2.88. The van der Waals surface area contributed by atoms with Crippen molar-refractivity contribution in [2.75, 3.05) is 5.73 Å². The lowest BCUT2D eigenvalue weighted by Crippen LogP contribution is -1.90. The summed E-state index contributed by atoms with van der Waals surface area (Å²) in [5, 5.41) is 0.794. The summed E-state index contributed by atoms with van der Waals surface area (Å²) in [5.41, 5.74) is 11.7. The van der Waals surface area contributed by atoms with Gasteiger partial charge in [0.1, 0.15) is 0 Å². The zero-order valence-corrected chi connectivity index (χ0v) is 12.8. The molecule has 0 unspecified atom stereocenters. The van der Waals surface area contributed by atoms with Crippen LogP contribution >= 0.6 is 23.4 Å². The summed E-state index contributed by atoms with van der Waals surface area (Å²) in [5.74, 6) is 1.88. The van der Waals surface area contributed by atoms with E-state index in [1.54, 1.807) is 0 Å². The Morgan fingerprint density at radius 2 is 1.68 bits per heavy atom. The van der Waals surface area contributed by atoms with E-state index in [0.29, 0.717) is 0 Å². The van der Waals surface area contributed by atoms with Crippen molar-refractivity contribution in [3.63, 3.8) is 0 Å².